The SMILES string of the molecule is O=C(CCc1nc2ccccc2n1-c1ccccc1)Nc1cc(C(F)(F)F)c[nH]c1=O. The summed E-state index contributed by atoms with van der Waals surface area (Å²) in [5.74, 6) is 0.0389. The Hall–Kier alpha value is -3.88. The quantitative estimate of drug-likeness (QED) is 0.499. The summed E-state index contributed by atoms with van der Waals surface area (Å²) >= 11 is 0. The zero-order valence-electron chi connectivity index (χ0n) is 16.1. The molecule has 4 rings (SSSR count). The predicted molar refractivity (Wildman–Crippen MR) is 110 cm³/mol. The molecule has 2 aromatic carbocycles. The van der Waals surface area contributed by atoms with Gasteiger partial charge in [-0.1, -0.05) is 30.3 Å². The highest BCUT2D eigenvalue weighted by Gasteiger charge is 2.31. The molecule has 0 spiro atoms. The Balaban J connectivity index is 1.57. The maximum atomic E-state index is 12.9. The number of pyridine rings is 1. The Morgan fingerprint density at radius 3 is 2.52 bits per heavy atom. The summed E-state index contributed by atoms with van der Waals surface area (Å²) in [6, 6.07) is 17.7. The van der Waals surface area contributed by atoms with Crippen LogP contribution in [0.2, 0.25) is 0 Å². The number of aromatic nitrogens is 3. The highest BCUT2D eigenvalue weighted by molar-refractivity contribution is 5.90. The molecule has 4 aromatic rings. The second-order valence-corrected chi connectivity index (χ2v) is 6.86. The second kappa shape index (κ2) is 8.10. The van der Waals surface area contributed by atoms with Crippen LogP contribution in [0.1, 0.15) is 17.8 Å². The van der Waals surface area contributed by atoms with Gasteiger partial charge in [0.1, 0.15) is 11.5 Å². The number of fused-ring (bicyclic) bond motifs is 1. The fourth-order valence-electron chi connectivity index (χ4n) is 3.29. The maximum Gasteiger partial charge on any atom is 0.417 e. The second-order valence-electron chi connectivity index (χ2n) is 6.86. The standard InChI is InChI=1S/C22H17F3N4O2/c23-22(24,25)14-12-17(21(31)26-13-14)28-20(30)11-10-19-27-16-8-4-5-9-18(16)29(19)15-6-2-1-3-7-15/h1-9,12-13H,10-11H2,(H,26,31)(H,28,30). The van der Waals surface area contributed by atoms with Crippen molar-refractivity contribution >= 4 is 22.6 Å². The normalized spacial score (nSPS) is 11.6. The maximum absolute atomic E-state index is 12.9. The Morgan fingerprint density at radius 2 is 1.77 bits per heavy atom. The van der Waals surface area contributed by atoms with Gasteiger partial charge in [0.15, 0.2) is 0 Å². The Morgan fingerprint density at radius 1 is 1.06 bits per heavy atom. The molecule has 0 atom stereocenters. The number of carbonyl (C=O) groups is 1. The van der Waals surface area contributed by atoms with E-state index in [0.29, 0.717) is 18.1 Å². The number of hydrogen-bond donors (Lipinski definition) is 2. The average Bonchev–Trinajstić information content (AvgIpc) is 3.12. The lowest BCUT2D eigenvalue weighted by atomic mass is 10.2. The Labute approximate surface area is 174 Å². The van der Waals surface area contributed by atoms with Crippen molar-refractivity contribution in [3.8, 4) is 5.69 Å². The van der Waals surface area contributed by atoms with Crippen molar-refractivity contribution in [2.24, 2.45) is 0 Å². The van der Waals surface area contributed by atoms with E-state index in [2.05, 4.69) is 10.3 Å². The molecule has 0 fully saturated rings. The lowest BCUT2D eigenvalue weighted by molar-refractivity contribution is -0.137. The number of anilines is 1. The van der Waals surface area contributed by atoms with Gasteiger partial charge in [0.2, 0.25) is 5.91 Å². The van der Waals surface area contributed by atoms with E-state index < -0.39 is 28.9 Å². The van der Waals surface area contributed by atoms with Gasteiger partial charge in [-0.25, -0.2) is 4.98 Å². The molecule has 6 nitrogen and oxygen atoms in total. The molecular formula is C22H17F3N4O2. The summed E-state index contributed by atoms with van der Waals surface area (Å²) in [6.45, 7) is 0. The van der Waals surface area contributed by atoms with Gasteiger partial charge in [0.25, 0.3) is 5.56 Å². The largest absolute Gasteiger partial charge is 0.417 e. The smallest absolute Gasteiger partial charge is 0.327 e. The number of nitrogens with zero attached hydrogens (tertiary/aromatic N) is 2. The molecule has 0 saturated carbocycles. The summed E-state index contributed by atoms with van der Waals surface area (Å²) in [4.78, 5) is 30.8. The van der Waals surface area contributed by atoms with E-state index >= 15 is 0 Å². The summed E-state index contributed by atoms with van der Waals surface area (Å²) in [5, 5.41) is 2.27. The molecule has 158 valence electrons. The molecule has 2 heterocycles. The Bertz CT molecular complexity index is 1290. The van der Waals surface area contributed by atoms with E-state index in [-0.39, 0.29) is 12.8 Å². The third-order valence-electron chi connectivity index (χ3n) is 4.72. The van der Waals surface area contributed by atoms with Crippen LogP contribution in [0.25, 0.3) is 16.7 Å². The highest BCUT2D eigenvalue weighted by Crippen LogP contribution is 2.29. The minimum absolute atomic E-state index is 0.0636. The monoisotopic (exact) mass is 426 g/mol. The molecule has 0 aliphatic rings. The molecular weight excluding hydrogens is 409 g/mol. The van der Waals surface area contributed by atoms with Crippen molar-refractivity contribution in [1.29, 1.82) is 0 Å². The van der Waals surface area contributed by atoms with Gasteiger partial charge in [-0.05, 0) is 30.3 Å². The van der Waals surface area contributed by atoms with Gasteiger partial charge in [0, 0.05) is 24.7 Å². The number of alkyl halides is 3. The first-order chi connectivity index (χ1) is 14.8. The molecule has 0 bridgehead atoms. The topological polar surface area (TPSA) is 79.8 Å². The van der Waals surface area contributed by atoms with Crippen molar-refractivity contribution in [2.45, 2.75) is 19.0 Å². The highest BCUT2D eigenvalue weighted by atomic mass is 19.4. The molecule has 9 heteroatoms. The first kappa shape index (κ1) is 20.4. The van der Waals surface area contributed by atoms with Gasteiger partial charge in [-0.2, -0.15) is 13.2 Å². The first-order valence-corrected chi connectivity index (χ1v) is 9.44. The number of rotatable bonds is 5. The minimum atomic E-state index is -4.63. The van der Waals surface area contributed by atoms with E-state index in [1.54, 1.807) is 0 Å². The molecule has 0 aliphatic carbocycles. The molecule has 31 heavy (non-hydrogen) atoms. The van der Waals surface area contributed by atoms with Gasteiger partial charge in [-0.15, -0.1) is 0 Å². The van der Waals surface area contributed by atoms with Crippen LogP contribution < -0.4 is 10.9 Å². The van der Waals surface area contributed by atoms with Gasteiger partial charge in [-0.3, -0.25) is 14.2 Å². The number of para-hydroxylation sites is 3. The summed E-state index contributed by atoms with van der Waals surface area (Å²) in [7, 11) is 0. The third-order valence-corrected chi connectivity index (χ3v) is 4.72. The van der Waals surface area contributed by atoms with Crippen molar-refractivity contribution in [1.82, 2.24) is 14.5 Å². The number of nitrogens with one attached hydrogen (secondary N) is 2. The number of H-pyrrole nitrogens is 1. The summed E-state index contributed by atoms with van der Waals surface area (Å²) in [5.41, 5.74) is 0.206. The summed E-state index contributed by atoms with van der Waals surface area (Å²) < 4.78 is 40.5. The number of aromatic amines is 1. The number of amides is 1. The van der Waals surface area contributed by atoms with Crippen molar-refractivity contribution in [2.75, 3.05) is 5.32 Å². The molecule has 0 saturated heterocycles. The molecule has 2 N–H and O–H groups in total. The van der Waals surface area contributed by atoms with E-state index in [0.717, 1.165) is 16.7 Å². The zero-order valence-corrected chi connectivity index (χ0v) is 16.1. The lowest BCUT2D eigenvalue weighted by Crippen LogP contribution is -2.22. The molecule has 0 unspecified atom stereocenters. The van der Waals surface area contributed by atoms with Gasteiger partial charge in [0.05, 0.1) is 16.6 Å². The van der Waals surface area contributed by atoms with E-state index in [4.69, 9.17) is 0 Å². The van der Waals surface area contributed by atoms with Crippen LogP contribution in [-0.2, 0) is 17.4 Å². The predicted octanol–water partition coefficient (Wildman–Crippen LogP) is 4.30. The number of imidazole rings is 1. The molecule has 0 radical (unpaired) electrons. The number of hydrogen-bond acceptors (Lipinski definition) is 3. The molecule has 2 aromatic heterocycles. The van der Waals surface area contributed by atoms with E-state index in [1.807, 2.05) is 64.1 Å². The van der Waals surface area contributed by atoms with Crippen LogP contribution in [0.3, 0.4) is 0 Å². The average molecular weight is 426 g/mol. The van der Waals surface area contributed by atoms with E-state index in [9.17, 15) is 22.8 Å². The molecule has 1 amide bonds. The fourth-order valence-corrected chi connectivity index (χ4v) is 3.29. The van der Waals surface area contributed by atoms with Crippen LogP contribution in [0.5, 0.6) is 0 Å². The van der Waals surface area contributed by atoms with Crippen LogP contribution in [0, 0.1) is 0 Å². The number of halogens is 3. The van der Waals surface area contributed by atoms with Crippen LogP contribution in [-0.4, -0.2) is 20.4 Å². The summed E-state index contributed by atoms with van der Waals surface area (Å²) in [6.07, 6.45) is -3.90. The van der Waals surface area contributed by atoms with Gasteiger partial charge < -0.3 is 10.3 Å². The van der Waals surface area contributed by atoms with Gasteiger partial charge >= 0.3 is 6.18 Å². The van der Waals surface area contributed by atoms with Crippen LogP contribution in [0.4, 0.5) is 18.9 Å². The Kier molecular flexibility index (Phi) is 5.33. The number of aryl methyl sites for hydroxylation is 1. The number of benzene rings is 2. The number of carbonyl (C=O) groups excluding carboxylic acids is 1. The molecule has 0 aliphatic heterocycles. The third kappa shape index (κ3) is 4.35. The van der Waals surface area contributed by atoms with Crippen molar-refractivity contribution < 1.29 is 18.0 Å². The minimum Gasteiger partial charge on any atom is -0.327 e. The van der Waals surface area contributed by atoms with Crippen LogP contribution in [0.15, 0.2) is 71.7 Å². The lowest BCUT2D eigenvalue weighted by Gasteiger charge is -2.10. The first-order valence-electron chi connectivity index (χ1n) is 9.44. The van der Waals surface area contributed by atoms with Crippen LogP contribution >= 0.6 is 0 Å². The zero-order chi connectivity index (χ0) is 22.0. The van der Waals surface area contributed by atoms with Crippen molar-refractivity contribution in [3.63, 3.8) is 0 Å². The van der Waals surface area contributed by atoms with E-state index in [1.165, 1.54) is 0 Å². The fraction of sp³-hybridized carbons (Fsp3) is 0.136. The van der Waals surface area contributed by atoms with Crippen molar-refractivity contribution in [3.05, 3.63) is 88.6 Å².